The molecular weight excluding hydrogens is 280 g/mol. The van der Waals surface area contributed by atoms with Crippen molar-refractivity contribution < 1.29 is 19.1 Å². The van der Waals surface area contributed by atoms with Crippen LogP contribution in [0.4, 0.5) is 0 Å². The number of ether oxygens (including phenoxy) is 2. The van der Waals surface area contributed by atoms with E-state index < -0.39 is 5.97 Å². The molecule has 22 heavy (non-hydrogen) atoms. The number of hydrogen-bond acceptors (Lipinski definition) is 4. The second-order valence-corrected chi connectivity index (χ2v) is 5.11. The lowest BCUT2D eigenvalue weighted by Crippen LogP contribution is -2.13. The molecule has 0 N–H and O–H groups in total. The van der Waals surface area contributed by atoms with Crippen LogP contribution in [0.15, 0.2) is 35.9 Å². The summed E-state index contributed by atoms with van der Waals surface area (Å²) in [6.07, 6.45) is 3.81. The molecule has 0 heterocycles. The predicted octanol–water partition coefficient (Wildman–Crippen LogP) is 3.80. The minimum absolute atomic E-state index is 0.0106. The molecule has 0 unspecified atom stereocenters. The minimum Gasteiger partial charge on any atom is -0.497 e. The van der Waals surface area contributed by atoms with E-state index in [4.69, 9.17) is 9.47 Å². The normalized spacial score (nSPS) is 11.4. The minimum atomic E-state index is -0.391. The number of allylic oxidation sites excluding steroid dienone is 1. The Morgan fingerprint density at radius 3 is 2.18 bits per heavy atom. The molecule has 1 aromatic rings. The summed E-state index contributed by atoms with van der Waals surface area (Å²) in [6.45, 7) is 5.50. The Hall–Kier alpha value is -2.10. The number of hydrogen-bond donors (Lipinski definition) is 0. The maximum Gasteiger partial charge on any atom is 0.302 e. The number of Topliss-reactive ketones (excluding diaryl/α,β-unsaturated/α-hetero) is 1. The van der Waals surface area contributed by atoms with Crippen molar-refractivity contribution >= 4 is 11.8 Å². The number of ketones is 1. The van der Waals surface area contributed by atoms with Gasteiger partial charge in [-0.1, -0.05) is 19.9 Å². The van der Waals surface area contributed by atoms with Crippen LogP contribution in [0.25, 0.3) is 0 Å². The Kier molecular flexibility index (Phi) is 7.37. The van der Waals surface area contributed by atoms with Crippen molar-refractivity contribution in [1.29, 1.82) is 0 Å². The first-order valence-corrected chi connectivity index (χ1v) is 7.54. The lowest BCUT2D eigenvalue weighted by atomic mass is 9.96. The van der Waals surface area contributed by atoms with Crippen molar-refractivity contribution in [3.8, 4) is 5.75 Å². The Morgan fingerprint density at radius 1 is 1.14 bits per heavy atom. The molecule has 0 fully saturated rings. The fourth-order valence-electron chi connectivity index (χ4n) is 2.11. The molecule has 0 bridgehead atoms. The number of methoxy groups -OCH3 is 1. The fourth-order valence-corrected chi connectivity index (χ4v) is 2.11. The van der Waals surface area contributed by atoms with Crippen LogP contribution in [0.1, 0.15) is 44.0 Å². The molecule has 0 saturated heterocycles. The first-order chi connectivity index (χ1) is 10.5. The number of carbonyl (C=O) groups is 2. The van der Waals surface area contributed by atoms with Crippen LogP contribution < -0.4 is 4.74 Å². The molecule has 0 aliphatic rings. The molecule has 0 aliphatic heterocycles. The van der Waals surface area contributed by atoms with Gasteiger partial charge in [-0.2, -0.15) is 0 Å². The van der Waals surface area contributed by atoms with Crippen molar-refractivity contribution in [2.24, 2.45) is 5.92 Å². The third-order valence-corrected chi connectivity index (χ3v) is 3.56. The third kappa shape index (κ3) is 5.35. The largest absolute Gasteiger partial charge is 0.497 e. The molecule has 0 aliphatic carbocycles. The van der Waals surface area contributed by atoms with Crippen molar-refractivity contribution in [2.75, 3.05) is 13.7 Å². The van der Waals surface area contributed by atoms with Gasteiger partial charge in [0.05, 0.1) is 7.11 Å². The zero-order valence-electron chi connectivity index (χ0n) is 13.7. The van der Waals surface area contributed by atoms with E-state index in [-0.39, 0.29) is 12.4 Å². The summed E-state index contributed by atoms with van der Waals surface area (Å²) < 4.78 is 10.1. The van der Waals surface area contributed by atoms with Crippen molar-refractivity contribution in [3.05, 3.63) is 41.5 Å². The van der Waals surface area contributed by atoms with Crippen molar-refractivity contribution in [1.82, 2.24) is 0 Å². The van der Waals surface area contributed by atoms with Gasteiger partial charge < -0.3 is 9.47 Å². The summed E-state index contributed by atoms with van der Waals surface area (Å²) in [7, 11) is 1.58. The monoisotopic (exact) mass is 304 g/mol. The van der Waals surface area contributed by atoms with Gasteiger partial charge in [0.2, 0.25) is 0 Å². The van der Waals surface area contributed by atoms with Gasteiger partial charge in [-0.15, -0.1) is 0 Å². The SMILES string of the molecule is CCC(/C=C(\COC(C)=O)C(=O)c1ccc(OC)cc1)CC. The molecule has 120 valence electrons. The van der Waals surface area contributed by atoms with Crippen LogP contribution in [0.3, 0.4) is 0 Å². The van der Waals surface area contributed by atoms with E-state index >= 15 is 0 Å². The summed E-state index contributed by atoms with van der Waals surface area (Å²) in [5.74, 6) is 0.489. The molecule has 4 heteroatoms. The maximum absolute atomic E-state index is 12.6. The molecular formula is C18H24O4. The van der Waals surface area contributed by atoms with Gasteiger partial charge in [-0.05, 0) is 43.0 Å². The fraction of sp³-hybridized carbons (Fsp3) is 0.444. The Balaban J connectivity index is 3.01. The number of rotatable bonds is 8. The average Bonchev–Trinajstić information content (AvgIpc) is 2.54. The molecule has 1 rings (SSSR count). The Labute approximate surface area is 132 Å². The molecule has 0 radical (unpaired) electrons. The second kappa shape index (κ2) is 9.03. The molecule has 0 amide bonds. The topological polar surface area (TPSA) is 52.6 Å². The smallest absolute Gasteiger partial charge is 0.302 e. The first-order valence-electron chi connectivity index (χ1n) is 7.54. The van der Waals surface area contributed by atoms with Crippen LogP contribution in [0, 0.1) is 5.92 Å². The van der Waals surface area contributed by atoms with Crippen LogP contribution in [-0.2, 0) is 9.53 Å². The highest BCUT2D eigenvalue weighted by Gasteiger charge is 2.15. The van der Waals surface area contributed by atoms with Crippen molar-refractivity contribution in [3.63, 3.8) is 0 Å². The first kappa shape index (κ1) is 18.0. The van der Waals surface area contributed by atoms with Gasteiger partial charge >= 0.3 is 5.97 Å². The summed E-state index contributed by atoms with van der Waals surface area (Å²) in [5, 5.41) is 0. The van der Waals surface area contributed by atoms with Gasteiger partial charge in [0.1, 0.15) is 12.4 Å². The molecule has 0 atom stereocenters. The van der Waals surface area contributed by atoms with E-state index in [1.807, 2.05) is 6.08 Å². The van der Waals surface area contributed by atoms with E-state index in [9.17, 15) is 9.59 Å². The molecule has 4 nitrogen and oxygen atoms in total. The van der Waals surface area contributed by atoms with Gasteiger partial charge in [-0.3, -0.25) is 9.59 Å². The highest BCUT2D eigenvalue weighted by Crippen LogP contribution is 2.18. The zero-order chi connectivity index (χ0) is 16.5. The molecule has 0 saturated carbocycles. The predicted molar refractivity (Wildman–Crippen MR) is 86.1 cm³/mol. The maximum atomic E-state index is 12.6. The zero-order valence-corrected chi connectivity index (χ0v) is 13.7. The summed E-state index contributed by atoms with van der Waals surface area (Å²) in [4.78, 5) is 23.7. The lowest BCUT2D eigenvalue weighted by molar-refractivity contribution is -0.139. The van der Waals surface area contributed by atoms with Gasteiger partial charge in [0.25, 0.3) is 0 Å². The van der Waals surface area contributed by atoms with Crippen LogP contribution >= 0.6 is 0 Å². The summed E-state index contributed by atoms with van der Waals surface area (Å²) in [5.41, 5.74) is 1.08. The third-order valence-electron chi connectivity index (χ3n) is 3.56. The van der Waals surface area contributed by atoms with E-state index in [2.05, 4.69) is 13.8 Å². The number of benzene rings is 1. The Morgan fingerprint density at radius 2 is 1.73 bits per heavy atom. The number of carbonyl (C=O) groups excluding carboxylic acids is 2. The summed E-state index contributed by atoms with van der Waals surface area (Å²) in [6, 6.07) is 6.92. The average molecular weight is 304 g/mol. The standard InChI is InChI=1S/C18H24O4/c1-5-14(6-2)11-16(12-22-13(3)19)18(20)15-7-9-17(21-4)10-8-15/h7-11,14H,5-6,12H2,1-4H3/b16-11+. The van der Waals surface area contributed by atoms with E-state index in [1.54, 1.807) is 31.4 Å². The molecule has 1 aromatic carbocycles. The quantitative estimate of drug-likeness (QED) is 0.416. The van der Waals surface area contributed by atoms with Crippen LogP contribution in [0.2, 0.25) is 0 Å². The second-order valence-electron chi connectivity index (χ2n) is 5.11. The molecule has 0 spiro atoms. The van der Waals surface area contributed by atoms with E-state index in [1.165, 1.54) is 6.92 Å². The summed E-state index contributed by atoms with van der Waals surface area (Å²) >= 11 is 0. The lowest BCUT2D eigenvalue weighted by Gasteiger charge is -2.12. The highest BCUT2D eigenvalue weighted by atomic mass is 16.5. The van der Waals surface area contributed by atoms with Crippen molar-refractivity contribution in [2.45, 2.75) is 33.6 Å². The van der Waals surface area contributed by atoms with Gasteiger partial charge in [0, 0.05) is 18.1 Å². The van der Waals surface area contributed by atoms with Crippen LogP contribution in [0.5, 0.6) is 5.75 Å². The van der Waals surface area contributed by atoms with Crippen LogP contribution in [-0.4, -0.2) is 25.5 Å². The highest BCUT2D eigenvalue weighted by molar-refractivity contribution is 6.09. The molecule has 0 aromatic heterocycles. The van der Waals surface area contributed by atoms with Gasteiger partial charge in [-0.25, -0.2) is 0 Å². The number of esters is 1. The van der Waals surface area contributed by atoms with Gasteiger partial charge in [0.15, 0.2) is 5.78 Å². The Bertz CT molecular complexity index is 525. The van der Waals surface area contributed by atoms with E-state index in [0.717, 1.165) is 12.8 Å². The van der Waals surface area contributed by atoms with E-state index in [0.29, 0.717) is 22.8 Å².